The molecule has 27 heavy (non-hydrogen) atoms. The Balaban J connectivity index is 1.62. The van der Waals surface area contributed by atoms with Crippen molar-refractivity contribution in [1.82, 2.24) is 15.2 Å². The first-order valence-electron chi connectivity index (χ1n) is 9.19. The number of rotatable bonds is 8. The molecule has 1 atom stereocenters. The van der Waals surface area contributed by atoms with Gasteiger partial charge in [0.15, 0.2) is 11.5 Å². The van der Waals surface area contributed by atoms with Gasteiger partial charge in [-0.3, -0.25) is 4.79 Å². The van der Waals surface area contributed by atoms with Crippen LogP contribution in [0.1, 0.15) is 26.0 Å². The first kappa shape index (κ1) is 19.6. The van der Waals surface area contributed by atoms with E-state index in [2.05, 4.69) is 29.0 Å². The van der Waals surface area contributed by atoms with Crippen molar-refractivity contribution in [2.45, 2.75) is 32.7 Å². The number of amides is 1. The van der Waals surface area contributed by atoms with Crippen LogP contribution in [0.25, 0.3) is 10.6 Å². The number of benzene rings is 1. The third-order valence-corrected chi connectivity index (χ3v) is 5.16. The minimum Gasteiger partial charge on any atom is -0.454 e. The van der Waals surface area contributed by atoms with Gasteiger partial charge in [0.05, 0.1) is 12.1 Å². The molecule has 1 N–H and O–H groups in total. The molecule has 2 aromatic rings. The smallest absolute Gasteiger partial charge is 0.231 e. The molecule has 0 fully saturated rings. The zero-order valence-electron chi connectivity index (χ0n) is 16.3. The van der Waals surface area contributed by atoms with Gasteiger partial charge in [0.2, 0.25) is 12.7 Å². The fourth-order valence-corrected chi connectivity index (χ4v) is 4.00. The van der Waals surface area contributed by atoms with E-state index in [1.807, 2.05) is 37.7 Å². The van der Waals surface area contributed by atoms with E-state index in [0.717, 1.165) is 40.7 Å². The van der Waals surface area contributed by atoms with Gasteiger partial charge >= 0.3 is 0 Å². The van der Waals surface area contributed by atoms with Crippen LogP contribution in [-0.4, -0.2) is 49.3 Å². The van der Waals surface area contributed by atoms with Gasteiger partial charge in [-0.2, -0.15) is 0 Å². The third-order valence-electron chi connectivity index (χ3n) is 4.22. The van der Waals surface area contributed by atoms with Crippen molar-refractivity contribution in [3.8, 4) is 22.1 Å². The zero-order valence-corrected chi connectivity index (χ0v) is 17.1. The molecule has 0 saturated carbocycles. The summed E-state index contributed by atoms with van der Waals surface area (Å²) in [6, 6.07) is 5.94. The Bertz CT molecular complexity index is 779. The first-order chi connectivity index (χ1) is 12.9. The van der Waals surface area contributed by atoms with Crippen LogP contribution in [0.2, 0.25) is 0 Å². The summed E-state index contributed by atoms with van der Waals surface area (Å²) in [6.45, 7) is 5.44. The molecule has 1 aromatic carbocycles. The molecular weight excluding hydrogens is 362 g/mol. The molecule has 2 heterocycles. The molecule has 1 aromatic heterocycles. The quantitative estimate of drug-likeness (QED) is 0.751. The highest BCUT2D eigenvalue weighted by molar-refractivity contribution is 7.13. The van der Waals surface area contributed by atoms with Crippen LogP contribution in [0.3, 0.4) is 0 Å². The molecule has 0 spiro atoms. The second-order valence-corrected chi connectivity index (χ2v) is 8.40. The van der Waals surface area contributed by atoms with E-state index < -0.39 is 0 Å². The predicted molar refractivity (Wildman–Crippen MR) is 107 cm³/mol. The number of hydrogen-bond acceptors (Lipinski definition) is 6. The van der Waals surface area contributed by atoms with Gasteiger partial charge in [0.1, 0.15) is 5.01 Å². The van der Waals surface area contributed by atoms with Crippen LogP contribution >= 0.6 is 11.3 Å². The lowest BCUT2D eigenvalue weighted by Crippen LogP contribution is -2.43. The summed E-state index contributed by atoms with van der Waals surface area (Å²) < 4.78 is 10.8. The van der Waals surface area contributed by atoms with E-state index in [1.54, 1.807) is 0 Å². The lowest BCUT2D eigenvalue weighted by atomic mass is 10.0. The highest BCUT2D eigenvalue weighted by Crippen LogP contribution is 2.36. The lowest BCUT2D eigenvalue weighted by molar-refractivity contribution is -0.121. The average Bonchev–Trinajstić information content (AvgIpc) is 3.21. The number of aromatic nitrogens is 1. The van der Waals surface area contributed by atoms with Gasteiger partial charge in [-0.25, -0.2) is 4.98 Å². The Hall–Kier alpha value is -2.12. The van der Waals surface area contributed by atoms with Crippen molar-refractivity contribution in [2.24, 2.45) is 5.92 Å². The van der Waals surface area contributed by atoms with Crippen molar-refractivity contribution >= 4 is 17.2 Å². The van der Waals surface area contributed by atoms with Gasteiger partial charge in [-0.15, -0.1) is 11.3 Å². The van der Waals surface area contributed by atoms with E-state index in [1.165, 1.54) is 11.3 Å². The summed E-state index contributed by atoms with van der Waals surface area (Å²) in [6.07, 6.45) is 1.26. The van der Waals surface area contributed by atoms with Crippen molar-refractivity contribution < 1.29 is 14.3 Å². The highest BCUT2D eigenvalue weighted by atomic mass is 32.1. The monoisotopic (exact) mass is 389 g/mol. The molecule has 6 nitrogen and oxygen atoms in total. The largest absolute Gasteiger partial charge is 0.454 e. The predicted octanol–water partition coefficient (Wildman–Crippen LogP) is 3.17. The highest BCUT2D eigenvalue weighted by Gasteiger charge is 2.18. The van der Waals surface area contributed by atoms with Crippen LogP contribution in [-0.2, 0) is 11.2 Å². The number of thiazole rings is 1. The number of nitrogens with zero attached hydrogens (tertiary/aromatic N) is 2. The Morgan fingerprint density at radius 2 is 2.07 bits per heavy atom. The maximum atomic E-state index is 12.5. The van der Waals surface area contributed by atoms with E-state index in [-0.39, 0.29) is 18.7 Å². The summed E-state index contributed by atoms with van der Waals surface area (Å²) in [4.78, 5) is 19.2. The molecule has 3 rings (SSSR count). The Kier molecular flexibility index (Phi) is 6.34. The number of likely N-dealkylation sites (N-methyl/N-ethyl adjacent to an activating group) is 1. The molecule has 1 aliphatic heterocycles. The van der Waals surface area contributed by atoms with Crippen LogP contribution in [0.4, 0.5) is 0 Å². The Labute approximate surface area is 164 Å². The van der Waals surface area contributed by atoms with Crippen LogP contribution in [0.15, 0.2) is 23.6 Å². The molecule has 1 unspecified atom stereocenters. The van der Waals surface area contributed by atoms with E-state index in [9.17, 15) is 4.79 Å². The number of fused-ring (bicyclic) bond motifs is 1. The van der Waals surface area contributed by atoms with Gasteiger partial charge in [0, 0.05) is 23.5 Å². The van der Waals surface area contributed by atoms with E-state index in [4.69, 9.17) is 9.47 Å². The Morgan fingerprint density at radius 1 is 1.30 bits per heavy atom. The summed E-state index contributed by atoms with van der Waals surface area (Å²) >= 11 is 1.53. The molecule has 0 bridgehead atoms. The third kappa shape index (κ3) is 5.43. The fourth-order valence-electron chi connectivity index (χ4n) is 3.18. The normalized spacial score (nSPS) is 14.0. The van der Waals surface area contributed by atoms with Gasteiger partial charge in [-0.1, -0.05) is 13.8 Å². The Morgan fingerprint density at radius 3 is 2.81 bits per heavy atom. The molecule has 146 valence electrons. The number of carbonyl (C=O) groups excluding carboxylic acids is 1. The zero-order chi connectivity index (χ0) is 19.4. The summed E-state index contributed by atoms with van der Waals surface area (Å²) in [5.41, 5.74) is 1.76. The summed E-state index contributed by atoms with van der Waals surface area (Å²) in [5.74, 6) is 2.05. The molecule has 0 aliphatic carbocycles. The molecule has 0 radical (unpaired) electrons. The standard InChI is InChI=1S/C20H27N3O3S/c1-13(2)7-15(10-23(3)4)21-19(24)9-16-11-27-20(22-16)14-5-6-17-18(8-14)26-12-25-17/h5-6,8,11,13,15H,7,9-10,12H2,1-4H3,(H,21,24). The molecule has 1 aliphatic rings. The second kappa shape index (κ2) is 8.71. The summed E-state index contributed by atoms with van der Waals surface area (Å²) in [7, 11) is 4.05. The SMILES string of the molecule is CC(C)CC(CN(C)C)NC(=O)Cc1csc(-c2ccc3c(c2)OCO3)n1. The first-order valence-corrected chi connectivity index (χ1v) is 10.1. The molecule has 7 heteroatoms. The van der Waals surface area contributed by atoms with Gasteiger partial charge in [-0.05, 0) is 44.6 Å². The van der Waals surface area contributed by atoms with Gasteiger partial charge < -0.3 is 19.7 Å². The number of ether oxygens (including phenoxy) is 2. The van der Waals surface area contributed by atoms with E-state index in [0.29, 0.717) is 12.3 Å². The molecule has 0 saturated heterocycles. The molecular formula is C20H27N3O3S. The topological polar surface area (TPSA) is 63.7 Å². The van der Waals surface area contributed by atoms with Crippen LogP contribution in [0, 0.1) is 5.92 Å². The van der Waals surface area contributed by atoms with Crippen LogP contribution < -0.4 is 14.8 Å². The lowest BCUT2D eigenvalue weighted by Gasteiger charge is -2.23. The minimum absolute atomic E-state index is 0.0186. The molecule has 1 amide bonds. The van der Waals surface area contributed by atoms with Crippen molar-refractivity contribution in [3.05, 3.63) is 29.3 Å². The number of nitrogens with one attached hydrogen (secondary N) is 1. The minimum atomic E-state index is 0.0186. The number of carbonyl (C=O) groups is 1. The number of hydrogen-bond donors (Lipinski definition) is 1. The van der Waals surface area contributed by atoms with Crippen molar-refractivity contribution in [2.75, 3.05) is 27.4 Å². The fraction of sp³-hybridized carbons (Fsp3) is 0.500. The summed E-state index contributed by atoms with van der Waals surface area (Å²) in [5, 5.41) is 5.98. The maximum absolute atomic E-state index is 12.5. The van der Waals surface area contributed by atoms with Crippen molar-refractivity contribution in [1.29, 1.82) is 0 Å². The maximum Gasteiger partial charge on any atom is 0.231 e. The average molecular weight is 390 g/mol. The van der Waals surface area contributed by atoms with Gasteiger partial charge in [0.25, 0.3) is 0 Å². The second-order valence-electron chi connectivity index (χ2n) is 7.55. The van der Waals surface area contributed by atoms with Crippen molar-refractivity contribution in [3.63, 3.8) is 0 Å². The van der Waals surface area contributed by atoms with Crippen LogP contribution in [0.5, 0.6) is 11.5 Å². The van der Waals surface area contributed by atoms with E-state index >= 15 is 0 Å².